The van der Waals surface area contributed by atoms with E-state index < -0.39 is 0 Å². The van der Waals surface area contributed by atoms with Gasteiger partial charge in [0.2, 0.25) is 5.91 Å². The first-order valence-electron chi connectivity index (χ1n) is 12.3. The number of nitrogens with zero attached hydrogens (tertiary/aromatic N) is 1. The number of carbonyl (C=O) groups excluding carboxylic acids is 1. The van der Waals surface area contributed by atoms with E-state index in [2.05, 4.69) is 91.7 Å². The standard InChI is InChI=1S/C29H36N2O/c1-21-7-6-8-23(17-21)19-30-27(32)28(3)13-12-25(18-28)31-16-15-29(22(2)20-31)14-11-24-9-4-5-10-26(24)29/h4-11,14,17,22,25H,12-13,15-16,18-20H2,1-3H3,(H,30,32)/t22-,25?,28?,29-/m0/s1. The third kappa shape index (κ3) is 3.71. The average Bonchev–Trinajstić information content (AvgIpc) is 3.37. The van der Waals surface area contributed by atoms with Gasteiger partial charge in [-0.2, -0.15) is 0 Å². The molecule has 168 valence electrons. The van der Waals surface area contributed by atoms with Crippen LogP contribution in [-0.2, 0) is 16.8 Å². The molecule has 2 unspecified atom stereocenters. The number of carbonyl (C=O) groups is 1. The van der Waals surface area contributed by atoms with E-state index in [0.717, 1.165) is 32.4 Å². The summed E-state index contributed by atoms with van der Waals surface area (Å²) in [5, 5.41) is 3.22. The zero-order valence-corrected chi connectivity index (χ0v) is 19.7. The predicted molar refractivity (Wildman–Crippen MR) is 131 cm³/mol. The first kappa shape index (κ1) is 21.5. The van der Waals surface area contributed by atoms with Crippen LogP contribution in [0.1, 0.15) is 61.8 Å². The van der Waals surface area contributed by atoms with Crippen LogP contribution >= 0.6 is 0 Å². The molecule has 0 radical (unpaired) electrons. The minimum Gasteiger partial charge on any atom is -0.352 e. The molecule has 3 aliphatic rings. The van der Waals surface area contributed by atoms with Gasteiger partial charge >= 0.3 is 0 Å². The molecule has 1 spiro atoms. The van der Waals surface area contributed by atoms with Gasteiger partial charge in [0.1, 0.15) is 0 Å². The molecule has 3 nitrogen and oxygen atoms in total. The van der Waals surface area contributed by atoms with E-state index in [1.807, 2.05) is 0 Å². The molecule has 3 heteroatoms. The van der Waals surface area contributed by atoms with Gasteiger partial charge in [-0.15, -0.1) is 0 Å². The molecule has 2 aliphatic carbocycles. The van der Waals surface area contributed by atoms with Crippen molar-refractivity contribution in [1.82, 2.24) is 10.2 Å². The molecule has 2 fully saturated rings. The molecule has 4 atom stereocenters. The minimum atomic E-state index is -0.257. The fourth-order valence-corrected chi connectivity index (χ4v) is 6.50. The zero-order chi connectivity index (χ0) is 22.3. The van der Waals surface area contributed by atoms with Crippen molar-refractivity contribution >= 4 is 12.0 Å². The summed E-state index contributed by atoms with van der Waals surface area (Å²) in [7, 11) is 0. The summed E-state index contributed by atoms with van der Waals surface area (Å²) in [5.41, 5.74) is 5.26. The maximum atomic E-state index is 13.1. The van der Waals surface area contributed by atoms with Crippen molar-refractivity contribution in [2.45, 2.75) is 64.5 Å². The molecule has 0 aromatic heterocycles. The third-order valence-electron chi connectivity index (χ3n) is 8.54. The number of benzene rings is 2. The summed E-state index contributed by atoms with van der Waals surface area (Å²) < 4.78 is 0. The van der Waals surface area contributed by atoms with E-state index in [4.69, 9.17) is 0 Å². The van der Waals surface area contributed by atoms with Gasteiger partial charge in [-0.1, -0.05) is 80.1 Å². The van der Waals surface area contributed by atoms with Crippen molar-refractivity contribution in [3.8, 4) is 0 Å². The highest BCUT2D eigenvalue weighted by Crippen LogP contribution is 2.49. The Labute approximate surface area is 192 Å². The molecule has 1 heterocycles. The highest BCUT2D eigenvalue weighted by molar-refractivity contribution is 5.82. The van der Waals surface area contributed by atoms with Gasteiger partial charge in [0.05, 0.1) is 0 Å². The van der Waals surface area contributed by atoms with E-state index in [1.54, 1.807) is 0 Å². The number of hydrogen-bond acceptors (Lipinski definition) is 2. The fourth-order valence-electron chi connectivity index (χ4n) is 6.50. The molecule has 1 amide bonds. The second-order valence-corrected chi connectivity index (χ2v) is 10.7. The molecule has 2 aromatic rings. The van der Waals surface area contributed by atoms with Gasteiger partial charge in [0.15, 0.2) is 0 Å². The topological polar surface area (TPSA) is 32.3 Å². The Morgan fingerprint density at radius 3 is 2.81 bits per heavy atom. The first-order chi connectivity index (χ1) is 15.4. The predicted octanol–water partition coefficient (Wildman–Crippen LogP) is 5.48. The first-order valence-corrected chi connectivity index (χ1v) is 12.3. The number of likely N-dealkylation sites (tertiary alicyclic amines) is 1. The molecule has 1 saturated carbocycles. The van der Waals surface area contributed by atoms with Gasteiger partial charge < -0.3 is 5.32 Å². The summed E-state index contributed by atoms with van der Waals surface area (Å²) >= 11 is 0. The fraction of sp³-hybridized carbons (Fsp3) is 0.483. The van der Waals surface area contributed by atoms with Crippen LogP contribution in [0, 0.1) is 18.3 Å². The maximum Gasteiger partial charge on any atom is 0.226 e. The van der Waals surface area contributed by atoms with Gasteiger partial charge in [-0.25, -0.2) is 0 Å². The molecule has 2 aromatic carbocycles. The highest BCUT2D eigenvalue weighted by atomic mass is 16.2. The SMILES string of the molecule is Cc1cccc(CNC(=O)C2(C)CCC(N3CC[C@@]4(C=Cc5ccccc54)[C@@H](C)C3)C2)c1. The number of allylic oxidation sites excluding steroid dienone is 1. The van der Waals surface area contributed by atoms with E-state index in [-0.39, 0.29) is 16.7 Å². The molecule has 1 aliphatic heterocycles. The molecule has 5 rings (SSSR count). The quantitative estimate of drug-likeness (QED) is 0.700. The van der Waals surface area contributed by atoms with Gasteiger partial charge in [-0.3, -0.25) is 9.69 Å². The van der Waals surface area contributed by atoms with Crippen LogP contribution in [0.25, 0.3) is 6.08 Å². The molecular formula is C29H36N2O. The number of rotatable bonds is 4. The van der Waals surface area contributed by atoms with Crippen molar-refractivity contribution in [1.29, 1.82) is 0 Å². The smallest absolute Gasteiger partial charge is 0.226 e. The lowest BCUT2D eigenvalue weighted by atomic mass is 9.68. The van der Waals surface area contributed by atoms with Gasteiger partial charge in [0.25, 0.3) is 0 Å². The van der Waals surface area contributed by atoms with E-state index in [1.165, 1.54) is 28.7 Å². The number of aryl methyl sites for hydroxylation is 1. The number of nitrogens with one attached hydrogen (secondary N) is 1. The summed E-state index contributed by atoms with van der Waals surface area (Å²) in [5.74, 6) is 0.800. The van der Waals surface area contributed by atoms with Crippen LogP contribution in [0.4, 0.5) is 0 Å². The van der Waals surface area contributed by atoms with Crippen LogP contribution < -0.4 is 5.32 Å². The van der Waals surface area contributed by atoms with E-state index in [0.29, 0.717) is 18.5 Å². The number of piperidine rings is 1. The van der Waals surface area contributed by atoms with E-state index >= 15 is 0 Å². The monoisotopic (exact) mass is 428 g/mol. The molecule has 1 N–H and O–H groups in total. The van der Waals surface area contributed by atoms with Crippen molar-refractivity contribution in [3.05, 3.63) is 76.9 Å². The van der Waals surface area contributed by atoms with Crippen molar-refractivity contribution in [2.75, 3.05) is 13.1 Å². The summed E-state index contributed by atoms with van der Waals surface area (Å²) in [6, 6.07) is 17.8. The second kappa shape index (κ2) is 8.19. The van der Waals surface area contributed by atoms with E-state index in [9.17, 15) is 4.79 Å². The maximum absolute atomic E-state index is 13.1. The Morgan fingerprint density at radius 2 is 2.00 bits per heavy atom. The summed E-state index contributed by atoms with van der Waals surface area (Å²) in [4.78, 5) is 15.8. The van der Waals surface area contributed by atoms with Gasteiger partial charge in [0, 0.05) is 30.0 Å². The second-order valence-electron chi connectivity index (χ2n) is 10.7. The van der Waals surface area contributed by atoms with Crippen LogP contribution in [0.2, 0.25) is 0 Å². The van der Waals surface area contributed by atoms with Gasteiger partial charge in [-0.05, 0) is 61.8 Å². The van der Waals surface area contributed by atoms with Crippen LogP contribution in [0.15, 0.2) is 54.6 Å². The molecule has 1 saturated heterocycles. The van der Waals surface area contributed by atoms with Crippen molar-refractivity contribution in [3.63, 3.8) is 0 Å². The normalized spacial score (nSPS) is 31.7. The van der Waals surface area contributed by atoms with Crippen LogP contribution in [0.5, 0.6) is 0 Å². The number of amides is 1. The number of hydrogen-bond donors (Lipinski definition) is 1. The Kier molecular flexibility index (Phi) is 5.49. The lowest BCUT2D eigenvalue weighted by Crippen LogP contribution is -2.50. The molecule has 32 heavy (non-hydrogen) atoms. The Balaban J connectivity index is 1.21. The Bertz CT molecular complexity index is 1040. The average molecular weight is 429 g/mol. The zero-order valence-electron chi connectivity index (χ0n) is 19.7. The number of fused-ring (bicyclic) bond motifs is 2. The molecular weight excluding hydrogens is 392 g/mol. The largest absolute Gasteiger partial charge is 0.352 e. The summed E-state index contributed by atoms with van der Waals surface area (Å²) in [6.45, 7) is 9.54. The Morgan fingerprint density at radius 1 is 1.16 bits per heavy atom. The highest BCUT2D eigenvalue weighted by Gasteiger charge is 2.48. The minimum absolute atomic E-state index is 0.195. The Hall–Kier alpha value is -2.39. The summed E-state index contributed by atoms with van der Waals surface area (Å²) in [6.07, 6.45) is 9.05. The lowest BCUT2D eigenvalue weighted by molar-refractivity contribution is -0.130. The lowest BCUT2D eigenvalue weighted by Gasteiger charge is -2.46. The van der Waals surface area contributed by atoms with Crippen LogP contribution in [0.3, 0.4) is 0 Å². The van der Waals surface area contributed by atoms with Crippen LogP contribution in [-0.4, -0.2) is 29.9 Å². The molecule has 0 bridgehead atoms. The van der Waals surface area contributed by atoms with Crippen molar-refractivity contribution < 1.29 is 4.79 Å². The third-order valence-corrected chi connectivity index (χ3v) is 8.54. The van der Waals surface area contributed by atoms with Crippen molar-refractivity contribution in [2.24, 2.45) is 11.3 Å².